The minimum absolute atomic E-state index is 0.730. The highest BCUT2D eigenvalue weighted by Crippen LogP contribution is 2.17. The summed E-state index contributed by atoms with van der Waals surface area (Å²) < 4.78 is 0. The van der Waals surface area contributed by atoms with Crippen LogP contribution in [0.2, 0.25) is 0 Å². The lowest BCUT2D eigenvalue weighted by atomic mass is 9.97. The van der Waals surface area contributed by atoms with Crippen LogP contribution in [0.25, 0.3) is 0 Å². The van der Waals surface area contributed by atoms with Crippen molar-refractivity contribution in [3.05, 3.63) is 11.6 Å². The van der Waals surface area contributed by atoms with Crippen molar-refractivity contribution < 1.29 is 0 Å². The van der Waals surface area contributed by atoms with Crippen molar-refractivity contribution in [1.82, 2.24) is 14.7 Å². The van der Waals surface area contributed by atoms with Crippen LogP contribution in [0, 0.1) is 5.92 Å². The predicted octanol–water partition coefficient (Wildman–Crippen LogP) is 2.55. The van der Waals surface area contributed by atoms with E-state index in [9.17, 15) is 0 Å². The average molecular weight is 281 g/mol. The van der Waals surface area contributed by atoms with Gasteiger partial charge in [0.1, 0.15) is 0 Å². The van der Waals surface area contributed by atoms with E-state index in [1.54, 1.807) is 5.57 Å². The molecule has 0 aromatic heterocycles. The highest BCUT2D eigenvalue weighted by Gasteiger charge is 2.15. The SMILES string of the molecule is CC(C)C1=CCN(C)CC1.CC(C)N1CCN(C)CC1. The molecular formula is C17H35N3. The van der Waals surface area contributed by atoms with E-state index in [1.165, 1.54) is 39.1 Å². The maximum absolute atomic E-state index is 2.53. The van der Waals surface area contributed by atoms with Gasteiger partial charge in [0.15, 0.2) is 0 Å². The van der Waals surface area contributed by atoms with Crippen molar-refractivity contribution in [2.45, 2.75) is 40.2 Å². The van der Waals surface area contributed by atoms with Crippen molar-refractivity contribution in [3.63, 3.8) is 0 Å². The Morgan fingerprint density at radius 3 is 1.85 bits per heavy atom. The zero-order valence-corrected chi connectivity index (χ0v) is 14.5. The second kappa shape index (κ2) is 8.81. The molecule has 0 radical (unpaired) electrons. The molecule has 0 unspecified atom stereocenters. The van der Waals surface area contributed by atoms with Gasteiger partial charge in [-0.1, -0.05) is 25.5 Å². The molecule has 2 heterocycles. The van der Waals surface area contributed by atoms with Crippen LogP contribution in [-0.2, 0) is 0 Å². The third kappa shape index (κ3) is 6.38. The first-order chi connectivity index (χ1) is 9.40. The minimum Gasteiger partial charge on any atom is -0.304 e. The summed E-state index contributed by atoms with van der Waals surface area (Å²) in [4.78, 5) is 7.27. The summed E-state index contributed by atoms with van der Waals surface area (Å²) in [7, 11) is 4.37. The van der Waals surface area contributed by atoms with Gasteiger partial charge in [-0.15, -0.1) is 0 Å². The van der Waals surface area contributed by atoms with Gasteiger partial charge < -0.3 is 9.80 Å². The fraction of sp³-hybridized carbons (Fsp3) is 0.882. The van der Waals surface area contributed by atoms with Crippen molar-refractivity contribution in [2.24, 2.45) is 5.92 Å². The molecule has 0 saturated carbocycles. The average Bonchev–Trinajstić information content (AvgIpc) is 2.40. The van der Waals surface area contributed by atoms with Gasteiger partial charge in [-0.2, -0.15) is 0 Å². The van der Waals surface area contributed by atoms with Crippen LogP contribution < -0.4 is 0 Å². The van der Waals surface area contributed by atoms with Gasteiger partial charge in [0, 0.05) is 45.3 Å². The summed E-state index contributed by atoms with van der Waals surface area (Å²) in [5, 5.41) is 0. The molecule has 2 aliphatic rings. The van der Waals surface area contributed by atoms with E-state index in [0.29, 0.717) is 0 Å². The molecule has 0 N–H and O–H groups in total. The van der Waals surface area contributed by atoms with Gasteiger partial charge in [0.25, 0.3) is 0 Å². The Balaban J connectivity index is 0.000000200. The molecule has 0 spiro atoms. The lowest BCUT2D eigenvalue weighted by molar-refractivity contribution is 0.126. The number of likely N-dealkylation sites (N-methyl/N-ethyl adjacent to an activating group) is 2. The van der Waals surface area contributed by atoms with E-state index in [2.05, 4.69) is 62.6 Å². The first-order valence-corrected chi connectivity index (χ1v) is 8.20. The smallest absolute Gasteiger partial charge is 0.0163 e. The molecule has 0 atom stereocenters. The van der Waals surface area contributed by atoms with E-state index in [4.69, 9.17) is 0 Å². The lowest BCUT2D eigenvalue weighted by Gasteiger charge is -2.34. The van der Waals surface area contributed by atoms with Crippen LogP contribution >= 0.6 is 0 Å². The van der Waals surface area contributed by atoms with Gasteiger partial charge in [-0.05, 0) is 40.3 Å². The summed E-state index contributed by atoms with van der Waals surface area (Å²) in [6.45, 7) is 16.4. The quantitative estimate of drug-likeness (QED) is 0.720. The number of hydrogen-bond acceptors (Lipinski definition) is 3. The second-order valence-corrected chi connectivity index (χ2v) is 6.88. The maximum Gasteiger partial charge on any atom is 0.0163 e. The van der Waals surface area contributed by atoms with Crippen LogP contribution in [-0.4, -0.2) is 74.1 Å². The molecule has 3 nitrogen and oxygen atoms in total. The highest BCUT2D eigenvalue weighted by atomic mass is 15.3. The summed E-state index contributed by atoms with van der Waals surface area (Å²) in [6.07, 6.45) is 3.64. The van der Waals surface area contributed by atoms with E-state index in [0.717, 1.165) is 18.5 Å². The zero-order chi connectivity index (χ0) is 15.1. The zero-order valence-electron chi connectivity index (χ0n) is 14.5. The fourth-order valence-electron chi connectivity index (χ4n) is 2.65. The Bertz CT molecular complexity index is 289. The summed E-state index contributed by atoms with van der Waals surface area (Å²) in [6, 6.07) is 0.730. The molecule has 20 heavy (non-hydrogen) atoms. The molecule has 0 aliphatic carbocycles. The second-order valence-electron chi connectivity index (χ2n) is 6.88. The van der Waals surface area contributed by atoms with Crippen LogP contribution in [0.15, 0.2) is 11.6 Å². The van der Waals surface area contributed by atoms with Gasteiger partial charge in [-0.25, -0.2) is 0 Å². The van der Waals surface area contributed by atoms with Crippen LogP contribution in [0.1, 0.15) is 34.1 Å². The predicted molar refractivity (Wildman–Crippen MR) is 89.2 cm³/mol. The van der Waals surface area contributed by atoms with Crippen LogP contribution in [0.3, 0.4) is 0 Å². The van der Waals surface area contributed by atoms with E-state index in [-0.39, 0.29) is 0 Å². The molecule has 1 saturated heterocycles. The molecule has 0 amide bonds. The Morgan fingerprint density at radius 1 is 0.850 bits per heavy atom. The molecule has 1 fully saturated rings. The number of rotatable bonds is 2. The van der Waals surface area contributed by atoms with Crippen molar-refractivity contribution in [3.8, 4) is 0 Å². The van der Waals surface area contributed by atoms with Crippen LogP contribution in [0.4, 0.5) is 0 Å². The Kier molecular flexibility index (Phi) is 7.78. The first kappa shape index (κ1) is 17.7. The van der Waals surface area contributed by atoms with Crippen molar-refractivity contribution in [2.75, 3.05) is 53.4 Å². The molecule has 0 bridgehead atoms. The van der Waals surface area contributed by atoms with Gasteiger partial charge in [0.2, 0.25) is 0 Å². The Morgan fingerprint density at radius 2 is 1.45 bits per heavy atom. The maximum atomic E-state index is 2.53. The van der Waals surface area contributed by atoms with E-state index in [1.807, 2.05) is 0 Å². The first-order valence-electron chi connectivity index (χ1n) is 8.20. The standard InChI is InChI=1S/C9H17N.C8H18N2/c1-8(2)9-4-6-10(3)7-5-9;1-8(2)10-6-4-9(3)5-7-10/h4,8H,5-7H2,1-3H3;8H,4-7H2,1-3H3. The van der Waals surface area contributed by atoms with E-state index >= 15 is 0 Å². The number of hydrogen-bond donors (Lipinski definition) is 0. The lowest BCUT2D eigenvalue weighted by Crippen LogP contribution is -2.47. The van der Waals surface area contributed by atoms with E-state index < -0.39 is 0 Å². The Labute approximate surface area is 126 Å². The van der Waals surface area contributed by atoms with Crippen molar-refractivity contribution in [1.29, 1.82) is 0 Å². The molecule has 0 aromatic rings. The summed E-state index contributed by atoms with van der Waals surface area (Å²) >= 11 is 0. The summed E-state index contributed by atoms with van der Waals surface area (Å²) in [5.74, 6) is 0.758. The number of piperazine rings is 1. The third-order valence-electron chi connectivity index (χ3n) is 4.46. The molecule has 118 valence electrons. The molecule has 3 heteroatoms. The minimum atomic E-state index is 0.730. The molecular weight excluding hydrogens is 246 g/mol. The van der Waals surface area contributed by atoms with Gasteiger partial charge in [0.05, 0.1) is 0 Å². The van der Waals surface area contributed by atoms with Gasteiger partial charge in [-0.3, -0.25) is 4.90 Å². The fourth-order valence-corrected chi connectivity index (χ4v) is 2.65. The Hall–Kier alpha value is -0.380. The highest BCUT2D eigenvalue weighted by molar-refractivity contribution is 5.08. The largest absolute Gasteiger partial charge is 0.304 e. The van der Waals surface area contributed by atoms with Crippen LogP contribution in [0.5, 0.6) is 0 Å². The monoisotopic (exact) mass is 281 g/mol. The molecule has 2 aliphatic heterocycles. The third-order valence-corrected chi connectivity index (χ3v) is 4.46. The topological polar surface area (TPSA) is 9.72 Å². The van der Waals surface area contributed by atoms with Gasteiger partial charge >= 0.3 is 0 Å². The molecule has 0 aromatic carbocycles. The summed E-state index contributed by atoms with van der Waals surface area (Å²) in [5.41, 5.74) is 1.64. The molecule has 2 rings (SSSR count). The normalized spacial score (nSPS) is 22.7. The number of nitrogens with zero attached hydrogens (tertiary/aromatic N) is 3. The van der Waals surface area contributed by atoms with Crippen molar-refractivity contribution >= 4 is 0 Å².